The van der Waals surface area contributed by atoms with E-state index in [4.69, 9.17) is 10.5 Å². The highest BCUT2D eigenvalue weighted by Gasteiger charge is 2.11. The SMILES string of the molecule is NC(=O)CCc1cn(NC(=O)OCc2ccccc2)c2ccccc12. The first-order valence-corrected chi connectivity index (χ1v) is 7.98. The number of benzene rings is 2. The van der Waals surface area contributed by atoms with Crippen molar-refractivity contribution in [1.29, 1.82) is 0 Å². The monoisotopic (exact) mass is 337 g/mol. The van der Waals surface area contributed by atoms with Gasteiger partial charge in [-0.25, -0.2) is 10.2 Å². The van der Waals surface area contributed by atoms with Gasteiger partial charge in [0.05, 0.1) is 5.52 Å². The number of nitrogens with zero attached hydrogens (tertiary/aromatic N) is 1. The molecule has 0 unspecified atom stereocenters. The highest BCUT2D eigenvalue weighted by Crippen LogP contribution is 2.21. The molecule has 3 rings (SSSR count). The van der Waals surface area contributed by atoms with Gasteiger partial charge in [0.25, 0.3) is 0 Å². The maximum Gasteiger partial charge on any atom is 0.426 e. The second-order valence-electron chi connectivity index (χ2n) is 5.68. The standard InChI is InChI=1S/C19H19N3O3/c20-18(23)11-10-15-12-22(17-9-5-4-8-16(15)17)21-19(24)25-13-14-6-2-1-3-7-14/h1-9,12H,10-11,13H2,(H2,20,23)(H,21,24). The number of amides is 2. The molecule has 0 aliphatic heterocycles. The van der Waals surface area contributed by atoms with Gasteiger partial charge in [-0.2, -0.15) is 0 Å². The summed E-state index contributed by atoms with van der Waals surface area (Å²) in [5, 5.41) is 0.965. The Balaban J connectivity index is 1.72. The molecule has 0 aliphatic carbocycles. The molecule has 0 saturated carbocycles. The number of rotatable bonds is 6. The van der Waals surface area contributed by atoms with Gasteiger partial charge in [0.2, 0.25) is 5.91 Å². The van der Waals surface area contributed by atoms with Gasteiger partial charge in [0, 0.05) is 18.0 Å². The summed E-state index contributed by atoms with van der Waals surface area (Å²) in [5.41, 5.74) is 10.6. The largest absolute Gasteiger partial charge is 0.443 e. The van der Waals surface area contributed by atoms with E-state index in [2.05, 4.69) is 5.43 Å². The van der Waals surface area contributed by atoms with Crippen LogP contribution in [0, 0.1) is 0 Å². The molecule has 3 N–H and O–H groups in total. The van der Waals surface area contributed by atoms with Crippen LogP contribution in [-0.2, 0) is 22.6 Å². The Hall–Kier alpha value is -3.28. The van der Waals surface area contributed by atoms with Crippen LogP contribution in [0.3, 0.4) is 0 Å². The lowest BCUT2D eigenvalue weighted by atomic mass is 10.1. The molecule has 0 atom stereocenters. The molecule has 3 aromatic rings. The number of aryl methyl sites for hydroxylation is 1. The number of hydrogen-bond acceptors (Lipinski definition) is 3. The molecule has 0 aliphatic rings. The predicted octanol–water partition coefficient (Wildman–Crippen LogP) is 2.94. The third-order valence-corrected chi connectivity index (χ3v) is 3.86. The van der Waals surface area contributed by atoms with E-state index in [1.807, 2.05) is 54.6 Å². The zero-order valence-corrected chi connectivity index (χ0v) is 13.6. The van der Waals surface area contributed by atoms with E-state index in [1.165, 1.54) is 0 Å². The van der Waals surface area contributed by atoms with E-state index in [-0.39, 0.29) is 18.9 Å². The number of para-hydroxylation sites is 1. The van der Waals surface area contributed by atoms with E-state index in [0.717, 1.165) is 22.0 Å². The van der Waals surface area contributed by atoms with Gasteiger partial charge in [-0.15, -0.1) is 0 Å². The molecule has 0 spiro atoms. The van der Waals surface area contributed by atoms with Crippen LogP contribution in [0.2, 0.25) is 0 Å². The van der Waals surface area contributed by atoms with E-state index < -0.39 is 6.09 Å². The fourth-order valence-electron chi connectivity index (χ4n) is 2.65. The predicted molar refractivity (Wildman–Crippen MR) is 95.4 cm³/mol. The van der Waals surface area contributed by atoms with Gasteiger partial charge in [0.15, 0.2) is 0 Å². The molecule has 1 heterocycles. The van der Waals surface area contributed by atoms with E-state index >= 15 is 0 Å². The summed E-state index contributed by atoms with van der Waals surface area (Å²) < 4.78 is 6.85. The number of aromatic nitrogens is 1. The molecular weight excluding hydrogens is 318 g/mol. The topological polar surface area (TPSA) is 86.4 Å². The van der Waals surface area contributed by atoms with Gasteiger partial charge in [-0.1, -0.05) is 48.5 Å². The summed E-state index contributed by atoms with van der Waals surface area (Å²) in [6.45, 7) is 0.195. The van der Waals surface area contributed by atoms with Crippen LogP contribution in [0.4, 0.5) is 4.79 Å². The highest BCUT2D eigenvalue weighted by atomic mass is 16.6. The molecule has 0 radical (unpaired) electrons. The molecular formula is C19H19N3O3. The van der Waals surface area contributed by atoms with Crippen molar-refractivity contribution in [2.24, 2.45) is 5.73 Å². The summed E-state index contributed by atoms with van der Waals surface area (Å²) in [6.07, 6.45) is 2.01. The van der Waals surface area contributed by atoms with E-state index in [1.54, 1.807) is 10.9 Å². The quantitative estimate of drug-likeness (QED) is 0.725. The van der Waals surface area contributed by atoms with Crippen LogP contribution < -0.4 is 11.2 Å². The number of nitrogens with two attached hydrogens (primary N) is 1. The molecule has 6 nitrogen and oxygen atoms in total. The molecule has 6 heteroatoms. The van der Waals surface area contributed by atoms with Gasteiger partial charge < -0.3 is 10.5 Å². The van der Waals surface area contributed by atoms with Crippen molar-refractivity contribution in [2.75, 3.05) is 5.43 Å². The number of carbonyl (C=O) groups is 2. The normalized spacial score (nSPS) is 10.6. The van der Waals surface area contributed by atoms with Crippen LogP contribution in [0.15, 0.2) is 60.8 Å². The van der Waals surface area contributed by atoms with Crippen molar-refractivity contribution in [3.05, 3.63) is 71.9 Å². The first kappa shape index (κ1) is 16.6. The van der Waals surface area contributed by atoms with Crippen LogP contribution >= 0.6 is 0 Å². The van der Waals surface area contributed by atoms with Crippen molar-refractivity contribution in [3.8, 4) is 0 Å². The smallest absolute Gasteiger partial charge is 0.426 e. The Morgan fingerprint density at radius 1 is 1.04 bits per heavy atom. The van der Waals surface area contributed by atoms with Crippen molar-refractivity contribution < 1.29 is 14.3 Å². The Labute approximate surface area is 145 Å². The van der Waals surface area contributed by atoms with Crippen LogP contribution in [0.1, 0.15) is 17.5 Å². The Morgan fingerprint density at radius 3 is 2.52 bits per heavy atom. The van der Waals surface area contributed by atoms with E-state index in [9.17, 15) is 9.59 Å². The number of ether oxygens (including phenoxy) is 1. The number of carbonyl (C=O) groups excluding carboxylic acids is 2. The summed E-state index contributed by atoms with van der Waals surface area (Å²) in [6, 6.07) is 17.1. The number of fused-ring (bicyclic) bond motifs is 1. The second kappa shape index (κ2) is 7.53. The molecule has 1 aromatic heterocycles. The van der Waals surface area contributed by atoms with Crippen molar-refractivity contribution in [1.82, 2.24) is 4.68 Å². The number of hydrogen-bond donors (Lipinski definition) is 2. The fraction of sp³-hybridized carbons (Fsp3) is 0.158. The van der Waals surface area contributed by atoms with Crippen molar-refractivity contribution in [2.45, 2.75) is 19.4 Å². The molecule has 2 aromatic carbocycles. The van der Waals surface area contributed by atoms with Crippen LogP contribution in [0.25, 0.3) is 10.9 Å². The second-order valence-corrected chi connectivity index (χ2v) is 5.68. The molecule has 25 heavy (non-hydrogen) atoms. The van der Waals surface area contributed by atoms with Crippen molar-refractivity contribution in [3.63, 3.8) is 0 Å². The summed E-state index contributed by atoms with van der Waals surface area (Å²) >= 11 is 0. The minimum absolute atomic E-state index is 0.195. The lowest BCUT2D eigenvalue weighted by Gasteiger charge is -2.09. The maximum atomic E-state index is 12.1. The highest BCUT2D eigenvalue weighted by molar-refractivity contribution is 5.87. The van der Waals surface area contributed by atoms with Gasteiger partial charge >= 0.3 is 6.09 Å². The van der Waals surface area contributed by atoms with Crippen LogP contribution in [0.5, 0.6) is 0 Å². The van der Waals surface area contributed by atoms with E-state index in [0.29, 0.717) is 6.42 Å². The molecule has 0 fully saturated rings. The average Bonchev–Trinajstić information content (AvgIpc) is 2.97. The summed E-state index contributed by atoms with van der Waals surface area (Å²) in [5.74, 6) is -0.355. The zero-order chi connectivity index (χ0) is 17.6. The maximum absolute atomic E-state index is 12.1. The number of nitrogens with one attached hydrogen (secondary N) is 1. The first-order valence-electron chi connectivity index (χ1n) is 7.98. The molecule has 0 bridgehead atoms. The van der Waals surface area contributed by atoms with Crippen LogP contribution in [-0.4, -0.2) is 16.7 Å². The summed E-state index contributed by atoms with van der Waals surface area (Å²) in [4.78, 5) is 23.1. The van der Waals surface area contributed by atoms with Gasteiger partial charge in [-0.05, 0) is 23.6 Å². The average molecular weight is 337 g/mol. The molecule has 0 saturated heterocycles. The Morgan fingerprint density at radius 2 is 1.76 bits per heavy atom. The first-order chi connectivity index (χ1) is 12.1. The lowest BCUT2D eigenvalue weighted by Crippen LogP contribution is -2.22. The lowest BCUT2D eigenvalue weighted by molar-refractivity contribution is -0.117. The third-order valence-electron chi connectivity index (χ3n) is 3.86. The Kier molecular flexibility index (Phi) is 4.99. The Bertz CT molecular complexity index is 887. The minimum atomic E-state index is -0.550. The third kappa shape index (κ3) is 4.17. The number of primary amides is 1. The minimum Gasteiger partial charge on any atom is -0.443 e. The zero-order valence-electron chi connectivity index (χ0n) is 13.6. The van der Waals surface area contributed by atoms with Gasteiger partial charge in [-0.3, -0.25) is 9.47 Å². The fourth-order valence-corrected chi connectivity index (χ4v) is 2.65. The summed E-state index contributed by atoms with van der Waals surface area (Å²) in [7, 11) is 0. The molecule has 128 valence electrons. The van der Waals surface area contributed by atoms with Crippen molar-refractivity contribution >= 4 is 22.9 Å². The van der Waals surface area contributed by atoms with Gasteiger partial charge in [0.1, 0.15) is 6.61 Å². The molecule has 2 amide bonds.